The number of hydrogen-bond acceptors (Lipinski definition) is 2. The van der Waals surface area contributed by atoms with Gasteiger partial charge in [0.1, 0.15) is 0 Å². The first kappa shape index (κ1) is 22.6. The molecule has 2 aromatic carbocycles. The maximum atomic E-state index is 12.9. The van der Waals surface area contributed by atoms with E-state index in [4.69, 9.17) is 0 Å². The molecule has 2 aromatic rings. The number of carbonyl (C=O) groups excluding carboxylic acids is 1. The minimum absolute atomic E-state index is 0.0425. The van der Waals surface area contributed by atoms with Crippen molar-refractivity contribution < 1.29 is 23.1 Å². The van der Waals surface area contributed by atoms with E-state index in [1.54, 1.807) is 4.90 Å². The number of carbonyl (C=O) groups is 1. The number of fused-ring (bicyclic) bond motifs is 1. The second-order valence-corrected chi connectivity index (χ2v) is 10.2. The Morgan fingerprint density at radius 3 is 2.12 bits per heavy atom. The lowest BCUT2D eigenvalue weighted by molar-refractivity contribution is -0.137. The Morgan fingerprint density at radius 1 is 1.00 bits per heavy atom. The molecule has 1 aliphatic heterocycles. The Balaban J connectivity index is 1.39. The van der Waals surface area contributed by atoms with Gasteiger partial charge < -0.3 is 15.3 Å². The third-order valence-corrected chi connectivity index (χ3v) is 6.79. The van der Waals surface area contributed by atoms with Crippen LogP contribution in [0.2, 0.25) is 0 Å². The smallest absolute Gasteiger partial charge is 0.385 e. The van der Waals surface area contributed by atoms with Gasteiger partial charge in [0.2, 0.25) is 0 Å². The topological polar surface area (TPSA) is 52.6 Å². The van der Waals surface area contributed by atoms with Crippen LogP contribution in [0, 0.1) is 11.8 Å². The molecule has 1 saturated carbocycles. The number of nitrogens with zero attached hydrogens (tertiary/aromatic N) is 1. The summed E-state index contributed by atoms with van der Waals surface area (Å²) in [6.07, 6.45) is -3.32. The first-order valence-electron chi connectivity index (χ1n) is 10.9. The molecule has 1 aliphatic carbocycles. The van der Waals surface area contributed by atoms with Crippen molar-refractivity contribution in [1.82, 2.24) is 4.90 Å². The van der Waals surface area contributed by atoms with Gasteiger partial charge in [-0.1, -0.05) is 51.1 Å². The highest BCUT2D eigenvalue weighted by Gasteiger charge is 2.50. The average molecular weight is 447 g/mol. The van der Waals surface area contributed by atoms with E-state index < -0.39 is 23.4 Å². The Kier molecular flexibility index (Phi) is 5.52. The largest absolute Gasteiger partial charge is 0.416 e. The zero-order chi connectivity index (χ0) is 23.3. The molecule has 4 nitrogen and oxygen atoms in total. The van der Waals surface area contributed by atoms with E-state index in [-0.39, 0.29) is 22.9 Å². The maximum Gasteiger partial charge on any atom is 0.416 e. The number of amides is 2. The molecule has 1 heterocycles. The van der Waals surface area contributed by atoms with E-state index in [9.17, 15) is 23.1 Å². The molecule has 0 radical (unpaired) electrons. The molecule has 0 bridgehead atoms. The van der Waals surface area contributed by atoms with E-state index in [1.165, 1.54) is 17.7 Å². The van der Waals surface area contributed by atoms with Crippen molar-refractivity contribution in [3.8, 4) is 0 Å². The third kappa shape index (κ3) is 4.49. The second-order valence-electron chi connectivity index (χ2n) is 10.2. The molecule has 0 aromatic heterocycles. The molecule has 2 N–H and O–H groups in total. The van der Waals surface area contributed by atoms with Crippen molar-refractivity contribution in [2.24, 2.45) is 11.8 Å². The lowest BCUT2D eigenvalue weighted by Gasteiger charge is -2.28. The van der Waals surface area contributed by atoms with Crippen molar-refractivity contribution >= 4 is 11.7 Å². The number of halogens is 3. The first-order chi connectivity index (χ1) is 14.8. The average Bonchev–Trinajstić information content (AvgIpc) is 3.23. The molecule has 172 valence electrons. The van der Waals surface area contributed by atoms with Crippen LogP contribution in [0.3, 0.4) is 0 Å². The molecule has 4 rings (SSSR count). The highest BCUT2D eigenvalue weighted by Crippen LogP contribution is 2.49. The summed E-state index contributed by atoms with van der Waals surface area (Å²) in [4.78, 5) is 14.3. The van der Waals surface area contributed by atoms with E-state index in [2.05, 4.69) is 38.2 Å². The van der Waals surface area contributed by atoms with Crippen molar-refractivity contribution in [2.45, 2.75) is 50.8 Å². The third-order valence-electron chi connectivity index (χ3n) is 6.79. The van der Waals surface area contributed by atoms with Crippen LogP contribution in [0.15, 0.2) is 48.5 Å². The van der Waals surface area contributed by atoms with E-state index in [0.717, 1.165) is 17.7 Å². The minimum Gasteiger partial charge on any atom is -0.385 e. The summed E-state index contributed by atoms with van der Waals surface area (Å²) in [5.74, 6) is 0.323. The number of hydrogen-bond donors (Lipinski definition) is 2. The van der Waals surface area contributed by atoms with Crippen molar-refractivity contribution in [3.63, 3.8) is 0 Å². The summed E-state index contributed by atoms with van der Waals surface area (Å²) in [7, 11) is 0. The first-order valence-corrected chi connectivity index (χ1v) is 10.9. The van der Waals surface area contributed by atoms with Crippen LogP contribution in [0.25, 0.3) is 0 Å². The van der Waals surface area contributed by atoms with Crippen LogP contribution in [0.1, 0.15) is 50.3 Å². The number of anilines is 1. The standard InChI is InChI=1S/C25H29F3N2O2/c1-23(2,3)18-7-9-19(10-8-18)24(32)12-16-14-30(15-17(16)13-24)22(31)29-21-6-4-5-20(11-21)25(26,27)28/h4-11,16-17,32H,12-15H2,1-3H3,(H,29,31)/t16-,17+,24?. The molecule has 1 unspecified atom stereocenters. The van der Waals surface area contributed by atoms with E-state index in [1.807, 2.05) is 12.1 Å². The van der Waals surface area contributed by atoms with Crippen molar-refractivity contribution in [2.75, 3.05) is 18.4 Å². The number of urea groups is 1. The number of aliphatic hydroxyl groups is 1. The van der Waals surface area contributed by atoms with Crippen LogP contribution in [-0.2, 0) is 17.2 Å². The quantitative estimate of drug-likeness (QED) is 0.616. The Hall–Kier alpha value is -2.54. The van der Waals surface area contributed by atoms with Crippen LogP contribution < -0.4 is 5.32 Å². The van der Waals surface area contributed by atoms with Gasteiger partial charge in [-0.3, -0.25) is 0 Å². The highest BCUT2D eigenvalue weighted by atomic mass is 19.4. The van der Waals surface area contributed by atoms with Gasteiger partial charge in [0.05, 0.1) is 11.2 Å². The van der Waals surface area contributed by atoms with Crippen molar-refractivity contribution in [3.05, 3.63) is 65.2 Å². The van der Waals surface area contributed by atoms with Gasteiger partial charge in [-0.2, -0.15) is 13.2 Å². The van der Waals surface area contributed by atoms with E-state index in [0.29, 0.717) is 25.9 Å². The van der Waals surface area contributed by atoms with Gasteiger partial charge in [-0.15, -0.1) is 0 Å². The summed E-state index contributed by atoms with van der Waals surface area (Å²) in [5.41, 5.74) is 0.574. The number of benzene rings is 2. The predicted octanol–water partition coefficient (Wildman–Crippen LogP) is 5.76. The molecule has 2 amide bonds. The SMILES string of the molecule is CC(C)(C)c1ccc(C2(O)C[C@H]3CN(C(=O)Nc4cccc(C(F)(F)F)c4)C[C@H]3C2)cc1. The van der Waals surface area contributed by atoms with E-state index >= 15 is 0 Å². The maximum absolute atomic E-state index is 12.9. The fourth-order valence-corrected chi connectivity index (χ4v) is 5.01. The Labute approximate surface area is 186 Å². The fraction of sp³-hybridized carbons (Fsp3) is 0.480. The normalized spacial score (nSPS) is 25.7. The molecule has 2 aliphatic rings. The van der Waals surface area contributed by atoms with Gasteiger partial charge in [-0.25, -0.2) is 4.79 Å². The zero-order valence-corrected chi connectivity index (χ0v) is 18.5. The van der Waals surface area contributed by atoms with Gasteiger partial charge in [-0.05, 0) is 59.4 Å². The molecular formula is C25H29F3N2O2. The monoisotopic (exact) mass is 446 g/mol. The van der Waals surface area contributed by atoms with Gasteiger partial charge >= 0.3 is 12.2 Å². The van der Waals surface area contributed by atoms with Crippen LogP contribution >= 0.6 is 0 Å². The van der Waals surface area contributed by atoms with Crippen LogP contribution in [0.4, 0.5) is 23.7 Å². The summed E-state index contributed by atoms with van der Waals surface area (Å²) in [6.45, 7) is 7.41. The number of alkyl halides is 3. The number of rotatable bonds is 2. The zero-order valence-electron chi connectivity index (χ0n) is 18.5. The Bertz CT molecular complexity index is 981. The molecular weight excluding hydrogens is 417 g/mol. The van der Waals surface area contributed by atoms with Crippen LogP contribution in [0.5, 0.6) is 0 Å². The molecule has 3 atom stereocenters. The molecule has 32 heavy (non-hydrogen) atoms. The Morgan fingerprint density at radius 2 is 1.59 bits per heavy atom. The molecule has 2 fully saturated rings. The summed E-state index contributed by atoms with van der Waals surface area (Å²) < 4.78 is 38.7. The number of likely N-dealkylation sites (tertiary alicyclic amines) is 1. The summed E-state index contributed by atoms with van der Waals surface area (Å²) >= 11 is 0. The summed E-state index contributed by atoms with van der Waals surface area (Å²) in [5, 5.41) is 13.9. The van der Waals surface area contributed by atoms with Gasteiger partial charge in [0.15, 0.2) is 0 Å². The minimum atomic E-state index is -4.46. The number of nitrogens with one attached hydrogen (secondary N) is 1. The summed E-state index contributed by atoms with van der Waals surface area (Å²) in [6, 6.07) is 12.4. The van der Waals surface area contributed by atoms with Crippen LogP contribution in [-0.4, -0.2) is 29.1 Å². The lowest BCUT2D eigenvalue weighted by atomic mass is 9.84. The van der Waals surface area contributed by atoms with Crippen molar-refractivity contribution in [1.29, 1.82) is 0 Å². The van der Waals surface area contributed by atoms with Gasteiger partial charge in [0.25, 0.3) is 0 Å². The fourth-order valence-electron chi connectivity index (χ4n) is 5.01. The lowest BCUT2D eigenvalue weighted by Crippen LogP contribution is -2.35. The molecule has 1 saturated heterocycles. The molecule has 7 heteroatoms. The second kappa shape index (κ2) is 7.80. The highest BCUT2D eigenvalue weighted by molar-refractivity contribution is 5.89. The van der Waals surface area contributed by atoms with Gasteiger partial charge in [0, 0.05) is 18.8 Å². The molecule has 0 spiro atoms. The predicted molar refractivity (Wildman–Crippen MR) is 117 cm³/mol.